The molecule has 6 heteroatoms. The number of benzene rings is 2. The van der Waals surface area contributed by atoms with Crippen LogP contribution in [0, 0.1) is 6.92 Å². The Kier molecular flexibility index (Phi) is 10.3. The molecule has 0 aromatic heterocycles. The largest absolute Gasteiger partial charge is 0.496 e. The number of aliphatic imine (C=N–C) groups is 1. The van der Waals surface area contributed by atoms with Gasteiger partial charge in [0.15, 0.2) is 5.96 Å². The highest BCUT2D eigenvalue weighted by Gasteiger charge is 2.22. The van der Waals surface area contributed by atoms with Crippen molar-refractivity contribution in [2.24, 2.45) is 4.99 Å². The molecule has 0 aliphatic heterocycles. The lowest BCUT2D eigenvalue weighted by Crippen LogP contribution is -2.39. The molecule has 0 saturated carbocycles. The van der Waals surface area contributed by atoms with Gasteiger partial charge in [0.05, 0.1) is 13.7 Å². The number of aliphatic hydroxyl groups is 1. The van der Waals surface area contributed by atoms with Gasteiger partial charge in [-0.15, -0.1) is 24.0 Å². The Morgan fingerprint density at radius 2 is 1.86 bits per heavy atom. The predicted molar refractivity (Wildman–Crippen MR) is 127 cm³/mol. The standard InChI is InChI=1S/C22H31N3O2.HI/c1-5-23-21(25-16-22(3,26)19-9-7-6-8-10-19)24-14-13-18-15-17(2)11-12-20(18)27-4;/h6-12,15,26H,5,13-14,16H2,1-4H3,(H2,23,24,25);1H. The molecular formula is C22H32IN3O2. The van der Waals surface area contributed by atoms with Gasteiger partial charge in [0.2, 0.25) is 0 Å². The number of ether oxygens (including phenoxy) is 1. The van der Waals surface area contributed by atoms with Gasteiger partial charge in [-0.1, -0.05) is 48.0 Å². The van der Waals surface area contributed by atoms with Gasteiger partial charge < -0.3 is 20.5 Å². The van der Waals surface area contributed by atoms with Crippen LogP contribution in [0.25, 0.3) is 0 Å². The first-order valence-corrected chi connectivity index (χ1v) is 9.40. The minimum Gasteiger partial charge on any atom is -0.496 e. The highest BCUT2D eigenvalue weighted by atomic mass is 127. The molecule has 28 heavy (non-hydrogen) atoms. The maximum atomic E-state index is 10.7. The average molecular weight is 497 g/mol. The van der Waals surface area contributed by atoms with E-state index in [1.807, 2.05) is 49.4 Å². The van der Waals surface area contributed by atoms with Crippen LogP contribution in [0.2, 0.25) is 0 Å². The van der Waals surface area contributed by atoms with Gasteiger partial charge >= 0.3 is 0 Å². The first-order chi connectivity index (χ1) is 13.0. The molecule has 2 aromatic rings. The minimum absolute atomic E-state index is 0. The number of nitrogens with zero attached hydrogens (tertiary/aromatic N) is 1. The Hall–Kier alpha value is -1.80. The third-order valence-electron chi connectivity index (χ3n) is 4.41. The van der Waals surface area contributed by atoms with E-state index in [4.69, 9.17) is 4.74 Å². The maximum Gasteiger partial charge on any atom is 0.191 e. The molecule has 0 fully saturated rings. The molecule has 0 bridgehead atoms. The van der Waals surface area contributed by atoms with E-state index in [0.29, 0.717) is 5.96 Å². The zero-order valence-corrected chi connectivity index (χ0v) is 19.5. The van der Waals surface area contributed by atoms with E-state index in [2.05, 4.69) is 28.6 Å². The van der Waals surface area contributed by atoms with Crippen LogP contribution in [0.5, 0.6) is 5.75 Å². The number of hydrogen-bond acceptors (Lipinski definition) is 3. The van der Waals surface area contributed by atoms with Crippen LogP contribution in [-0.2, 0) is 12.0 Å². The van der Waals surface area contributed by atoms with E-state index in [1.54, 1.807) is 14.0 Å². The normalized spacial score (nSPS) is 13.2. The zero-order chi connectivity index (χ0) is 19.7. The third kappa shape index (κ3) is 7.31. The van der Waals surface area contributed by atoms with E-state index < -0.39 is 5.60 Å². The Morgan fingerprint density at radius 3 is 2.50 bits per heavy atom. The number of aryl methyl sites for hydroxylation is 1. The van der Waals surface area contributed by atoms with Crippen LogP contribution < -0.4 is 15.4 Å². The van der Waals surface area contributed by atoms with Crippen molar-refractivity contribution in [2.75, 3.05) is 26.7 Å². The van der Waals surface area contributed by atoms with Gasteiger partial charge in [0, 0.05) is 13.1 Å². The van der Waals surface area contributed by atoms with Crippen molar-refractivity contribution in [3.8, 4) is 5.75 Å². The van der Waals surface area contributed by atoms with Crippen molar-refractivity contribution < 1.29 is 9.84 Å². The van der Waals surface area contributed by atoms with Crippen LogP contribution in [0.1, 0.15) is 30.5 Å². The fourth-order valence-electron chi connectivity index (χ4n) is 2.88. The molecule has 1 atom stereocenters. The number of halogens is 1. The van der Waals surface area contributed by atoms with E-state index in [0.717, 1.165) is 36.4 Å². The van der Waals surface area contributed by atoms with Crippen LogP contribution in [0.3, 0.4) is 0 Å². The van der Waals surface area contributed by atoms with E-state index >= 15 is 0 Å². The van der Waals surface area contributed by atoms with Crippen LogP contribution >= 0.6 is 24.0 Å². The highest BCUT2D eigenvalue weighted by molar-refractivity contribution is 14.0. The molecule has 154 valence electrons. The summed E-state index contributed by atoms with van der Waals surface area (Å²) in [5, 5.41) is 17.3. The molecule has 0 saturated heterocycles. The van der Waals surface area contributed by atoms with Crippen LogP contribution in [0.15, 0.2) is 53.5 Å². The second-order valence-corrected chi connectivity index (χ2v) is 6.83. The topological polar surface area (TPSA) is 65.9 Å². The maximum absolute atomic E-state index is 10.7. The van der Waals surface area contributed by atoms with Crippen molar-refractivity contribution in [2.45, 2.75) is 32.8 Å². The Balaban J connectivity index is 0.00000392. The molecular weight excluding hydrogens is 465 g/mol. The van der Waals surface area contributed by atoms with Crippen LogP contribution in [0.4, 0.5) is 0 Å². The van der Waals surface area contributed by atoms with Crippen molar-refractivity contribution in [1.82, 2.24) is 10.6 Å². The summed E-state index contributed by atoms with van der Waals surface area (Å²) >= 11 is 0. The van der Waals surface area contributed by atoms with Crippen molar-refractivity contribution >= 4 is 29.9 Å². The molecule has 2 aromatic carbocycles. The number of methoxy groups -OCH3 is 1. The Morgan fingerprint density at radius 1 is 1.14 bits per heavy atom. The van der Waals surface area contributed by atoms with Gasteiger partial charge in [0.1, 0.15) is 11.4 Å². The SMILES string of the molecule is CCNC(=NCC(C)(O)c1ccccc1)NCCc1cc(C)ccc1OC.I. The second-order valence-electron chi connectivity index (χ2n) is 6.83. The summed E-state index contributed by atoms with van der Waals surface area (Å²) in [6.45, 7) is 7.64. The first kappa shape index (κ1) is 24.2. The fraction of sp³-hybridized carbons (Fsp3) is 0.409. The lowest BCUT2D eigenvalue weighted by Gasteiger charge is -2.22. The smallest absolute Gasteiger partial charge is 0.191 e. The van der Waals surface area contributed by atoms with E-state index in [1.165, 1.54) is 5.56 Å². The lowest BCUT2D eigenvalue weighted by atomic mass is 9.96. The summed E-state index contributed by atoms with van der Waals surface area (Å²) in [5.74, 6) is 1.59. The highest BCUT2D eigenvalue weighted by Crippen LogP contribution is 2.21. The number of guanidine groups is 1. The molecule has 0 aliphatic carbocycles. The Labute approximate surface area is 185 Å². The molecule has 0 aliphatic rings. The van der Waals surface area contributed by atoms with Gasteiger partial charge in [-0.3, -0.25) is 0 Å². The average Bonchev–Trinajstić information content (AvgIpc) is 2.67. The predicted octanol–water partition coefficient (Wildman–Crippen LogP) is 3.63. The summed E-state index contributed by atoms with van der Waals surface area (Å²) in [7, 11) is 1.69. The monoisotopic (exact) mass is 497 g/mol. The van der Waals surface area contributed by atoms with Crippen molar-refractivity contribution in [3.63, 3.8) is 0 Å². The van der Waals surface area contributed by atoms with Crippen molar-refractivity contribution in [1.29, 1.82) is 0 Å². The summed E-state index contributed by atoms with van der Waals surface area (Å²) in [5.41, 5.74) is 2.22. The van der Waals surface area contributed by atoms with Gasteiger partial charge in [0.25, 0.3) is 0 Å². The number of nitrogens with one attached hydrogen (secondary N) is 2. The first-order valence-electron chi connectivity index (χ1n) is 9.40. The molecule has 0 radical (unpaired) electrons. The summed E-state index contributed by atoms with van der Waals surface area (Å²) < 4.78 is 5.44. The minimum atomic E-state index is -1.01. The van der Waals surface area contributed by atoms with E-state index in [-0.39, 0.29) is 30.5 Å². The van der Waals surface area contributed by atoms with Gasteiger partial charge in [-0.2, -0.15) is 0 Å². The van der Waals surface area contributed by atoms with Crippen LogP contribution in [-0.4, -0.2) is 37.8 Å². The fourth-order valence-corrected chi connectivity index (χ4v) is 2.88. The molecule has 3 N–H and O–H groups in total. The molecule has 1 unspecified atom stereocenters. The number of hydrogen-bond donors (Lipinski definition) is 3. The molecule has 2 rings (SSSR count). The molecule has 0 heterocycles. The lowest BCUT2D eigenvalue weighted by molar-refractivity contribution is 0.0672. The second kappa shape index (κ2) is 11.9. The molecule has 0 amide bonds. The summed E-state index contributed by atoms with van der Waals surface area (Å²) in [6.07, 6.45) is 0.824. The summed E-state index contributed by atoms with van der Waals surface area (Å²) in [6, 6.07) is 15.8. The van der Waals surface area contributed by atoms with Gasteiger partial charge in [-0.25, -0.2) is 4.99 Å². The van der Waals surface area contributed by atoms with E-state index in [9.17, 15) is 5.11 Å². The third-order valence-corrected chi connectivity index (χ3v) is 4.41. The number of rotatable bonds is 8. The quantitative estimate of drug-likeness (QED) is 0.296. The molecule has 0 spiro atoms. The van der Waals surface area contributed by atoms with Gasteiger partial charge in [-0.05, 0) is 44.4 Å². The van der Waals surface area contributed by atoms with Crippen molar-refractivity contribution in [3.05, 3.63) is 65.2 Å². The molecule has 5 nitrogen and oxygen atoms in total. The summed E-state index contributed by atoms with van der Waals surface area (Å²) in [4.78, 5) is 4.57. The Bertz CT molecular complexity index is 749. The zero-order valence-electron chi connectivity index (χ0n) is 17.2.